The van der Waals surface area contributed by atoms with Crippen molar-refractivity contribution >= 4 is 34.8 Å². The van der Waals surface area contributed by atoms with Crippen molar-refractivity contribution in [3.8, 4) is 0 Å². The monoisotopic (exact) mass is 318 g/mol. The van der Waals surface area contributed by atoms with E-state index in [1.165, 1.54) is 23.1 Å². The van der Waals surface area contributed by atoms with Gasteiger partial charge in [0.1, 0.15) is 5.56 Å². The summed E-state index contributed by atoms with van der Waals surface area (Å²) in [6, 6.07) is 3.63. The van der Waals surface area contributed by atoms with Crippen molar-refractivity contribution in [2.24, 2.45) is 0 Å². The molecule has 0 aliphatic carbocycles. The first kappa shape index (κ1) is 15.0. The molecule has 2 rings (SSSR count). The average Bonchev–Trinajstić information content (AvgIpc) is 2.46. The molecule has 1 saturated heterocycles. The van der Waals surface area contributed by atoms with Crippen molar-refractivity contribution in [3.05, 3.63) is 38.9 Å². The summed E-state index contributed by atoms with van der Waals surface area (Å²) in [5.74, 6) is -0.242. The molecule has 1 amide bonds. The van der Waals surface area contributed by atoms with Crippen molar-refractivity contribution < 1.29 is 14.5 Å². The molecule has 1 aromatic carbocycles. The van der Waals surface area contributed by atoms with Gasteiger partial charge in [-0.3, -0.25) is 14.9 Å². The van der Waals surface area contributed by atoms with Crippen LogP contribution < -0.4 is 0 Å². The number of benzene rings is 1. The fourth-order valence-corrected chi connectivity index (χ4v) is 2.47. The maximum absolute atomic E-state index is 12.5. The van der Waals surface area contributed by atoms with Crippen LogP contribution in [0.1, 0.15) is 10.4 Å². The smallest absolute Gasteiger partial charge is 0.282 e. The molecule has 0 radical (unpaired) electrons. The third-order valence-corrected chi connectivity index (χ3v) is 3.64. The van der Waals surface area contributed by atoms with Crippen molar-refractivity contribution in [1.82, 2.24) is 4.90 Å². The van der Waals surface area contributed by atoms with Crippen LogP contribution in [0.4, 0.5) is 5.69 Å². The Morgan fingerprint density at radius 1 is 1.55 bits per heavy atom. The number of hydrogen-bond acceptors (Lipinski definition) is 4. The first-order valence-electron chi connectivity index (χ1n) is 5.93. The molecule has 0 N–H and O–H groups in total. The lowest BCUT2D eigenvalue weighted by molar-refractivity contribution is -0.385. The fourth-order valence-electron chi connectivity index (χ4n) is 2.04. The summed E-state index contributed by atoms with van der Waals surface area (Å²) in [7, 11) is 0. The number of hydrogen-bond donors (Lipinski definition) is 0. The Kier molecular flexibility index (Phi) is 4.80. The van der Waals surface area contributed by atoms with Gasteiger partial charge in [-0.1, -0.05) is 11.6 Å². The Hall–Kier alpha value is -1.37. The van der Waals surface area contributed by atoms with Crippen molar-refractivity contribution in [2.75, 3.05) is 25.6 Å². The first-order valence-corrected chi connectivity index (χ1v) is 6.84. The van der Waals surface area contributed by atoms with Crippen LogP contribution in [0.3, 0.4) is 0 Å². The predicted molar refractivity (Wildman–Crippen MR) is 74.5 cm³/mol. The normalized spacial score (nSPS) is 18.9. The maximum Gasteiger partial charge on any atom is 0.282 e. The summed E-state index contributed by atoms with van der Waals surface area (Å²) in [5, 5.41) is 11.3. The summed E-state index contributed by atoms with van der Waals surface area (Å²) in [6.07, 6.45) is 0. The van der Waals surface area contributed by atoms with E-state index in [9.17, 15) is 14.9 Å². The van der Waals surface area contributed by atoms with E-state index in [0.717, 1.165) is 0 Å². The van der Waals surface area contributed by atoms with E-state index in [1.807, 2.05) is 0 Å². The first-order chi connectivity index (χ1) is 9.54. The van der Waals surface area contributed by atoms with E-state index < -0.39 is 10.8 Å². The highest BCUT2D eigenvalue weighted by atomic mass is 35.5. The summed E-state index contributed by atoms with van der Waals surface area (Å²) in [4.78, 5) is 24.4. The summed E-state index contributed by atoms with van der Waals surface area (Å²) in [5.41, 5.74) is -0.293. The molecular weight excluding hydrogens is 307 g/mol. The van der Waals surface area contributed by atoms with E-state index in [-0.39, 0.29) is 28.2 Å². The number of ether oxygens (including phenoxy) is 1. The number of nitrogens with zero attached hydrogens (tertiary/aromatic N) is 2. The quantitative estimate of drug-likeness (QED) is 0.487. The second kappa shape index (κ2) is 6.39. The fraction of sp³-hybridized carbons (Fsp3) is 0.417. The van der Waals surface area contributed by atoms with Crippen molar-refractivity contribution in [2.45, 2.75) is 6.04 Å². The number of morpholine rings is 1. The zero-order valence-electron chi connectivity index (χ0n) is 10.4. The second-order valence-electron chi connectivity index (χ2n) is 4.30. The van der Waals surface area contributed by atoms with Gasteiger partial charge in [0, 0.05) is 23.5 Å². The van der Waals surface area contributed by atoms with Gasteiger partial charge in [0.15, 0.2) is 0 Å². The molecule has 1 atom stereocenters. The van der Waals surface area contributed by atoms with E-state index in [4.69, 9.17) is 27.9 Å². The van der Waals surface area contributed by atoms with E-state index >= 15 is 0 Å². The minimum Gasteiger partial charge on any atom is -0.377 e. The number of rotatable bonds is 3. The van der Waals surface area contributed by atoms with Gasteiger partial charge in [-0.2, -0.15) is 0 Å². The number of halogens is 2. The van der Waals surface area contributed by atoms with Crippen LogP contribution in [-0.2, 0) is 4.74 Å². The molecule has 0 aromatic heterocycles. The van der Waals surface area contributed by atoms with Crippen LogP contribution in [0.15, 0.2) is 18.2 Å². The number of carbonyl (C=O) groups is 1. The van der Waals surface area contributed by atoms with Crippen LogP contribution in [0.25, 0.3) is 0 Å². The molecule has 0 spiro atoms. The lowest BCUT2D eigenvalue weighted by Gasteiger charge is -2.34. The number of nitro groups is 1. The van der Waals surface area contributed by atoms with E-state index in [2.05, 4.69) is 0 Å². The van der Waals surface area contributed by atoms with Crippen LogP contribution in [0.5, 0.6) is 0 Å². The van der Waals surface area contributed by atoms with Gasteiger partial charge in [0.05, 0.1) is 24.2 Å². The molecule has 8 heteroatoms. The lowest BCUT2D eigenvalue weighted by atomic mass is 10.1. The topological polar surface area (TPSA) is 72.7 Å². The lowest BCUT2D eigenvalue weighted by Crippen LogP contribution is -2.49. The minimum atomic E-state index is -0.598. The zero-order chi connectivity index (χ0) is 14.7. The Labute approximate surface area is 125 Å². The van der Waals surface area contributed by atoms with Gasteiger partial charge in [-0.25, -0.2) is 0 Å². The van der Waals surface area contributed by atoms with Crippen LogP contribution >= 0.6 is 23.2 Å². The van der Waals surface area contributed by atoms with Gasteiger partial charge in [0.25, 0.3) is 11.6 Å². The molecule has 0 bridgehead atoms. The Bertz CT molecular complexity index is 538. The molecule has 108 valence electrons. The number of alkyl halides is 1. The molecule has 1 heterocycles. The molecular formula is C12H12Cl2N2O4. The van der Waals surface area contributed by atoms with Gasteiger partial charge >= 0.3 is 0 Å². The molecule has 1 aliphatic heterocycles. The molecule has 1 fully saturated rings. The van der Waals surface area contributed by atoms with Crippen LogP contribution in [0, 0.1) is 10.1 Å². The Balaban J connectivity index is 2.36. The standard InChI is InChI=1S/C12H12Cl2N2O4/c13-6-9-7-20-4-3-15(9)12(17)10-5-8(14)1-2-11(10)16(18)19/h1-2,5,9H,3-4,6-7H2. The average molecular weight is 319 g/mol. The third-order valence-electron chi connectivity index (χ3n) is 3.05. The zero-order valence-corrected chi connectivity index (χ0v) is 11.9. The highest BCUT2D eigenvalue weighted by Gasteiger charge is 2.31. The van der Waals surface area contributed by atoms with Crippen LogP contribution in [-0.4, -0.2) is 47.4 Å². The van der Waals surface area contributed by atoms with Gasteiger partial charge in [-0.15, -0.1) is 11.6 Å². The second-order valence-corrected chi connectivity index (χ2v) is 5.05. The molecule has 20 heavy (non-hydrogen) atoms. The van der Waals surface area contributed by atoms with Crippen LogP contribution in [0.2, 0.25) is 5.02 Å². The van der Waals surface area contributed by atoms with Crippen molar-refractivity contribution in [3.63, 3.8) is 0 Å². The van der Waals surface area contributed by atoms with Crippen molar-refractivity contribution in [1.29, 1.82) is 0 Å². The Morgan fingerprint density at radius 3 is 2.95 bits per heavy atom. The molecule has 6 nitrogen and oxygen atoms in total. The molecule has 1 unspecified atom stereocenters. The number of amides is 1. The Morgan fingerprint density at radius 2 is 2.30 bits per heavy atom. The van der Waals surface area contributed by atoms with E-state index in [1.54, 1.807) is 0 Å². The van der Waals surface area contributed by atoms with E-state index in [0.29, 0.717) is 19.8 Å². The molecule has 1 aliphatic rings. The SMILES string of the molecule is O=C(c1cc(Cl)ccc1[N+](=O)[O-])N1CCOCC1CCl. The highest BCUT2D eigenvalue weighted by Crippen LogP contribution is 2.25. The predicted octanol–water partition coefficient (Wildman–Crippen LogP) is 2.33. The maximum atomic E-state index is 12.5. The largest absolute Gasteiger partial charge is 0.377 e. The third kappa shape index (κ3) is 3.03. The highest BCUT2D eigenvalue weighted by molar-refractivity contribution is 6.31. The molecule has 0 saturated carbocycles. The summed E-state index contributed by atoms with van der Waals surface area (Å²) >= 11 is 11.6. The number of nitro benzene ring substituents is 1. The summed E-state index contributed by atoms with van der Waals surface area (Å²) in [6.45, 7) is 1.05. The van der Waals surface area contributed by atoms with Gasteiger partial charge in [-0.05, 0) is 12.1 Å². The number of carbonyl (C=O) groups excluding carboxylic acids is 1. The minimum absolute atomic E-state index is 0.0282. The van der Waals surface area contributed by atoms with Gasteiger partial charge < -0.3 is 9.64 Å². The summed E-state index contributed by atoms with van der Waals surface area (Å²) < 4.78 is 5.25. The van der Waals surface area contributed by atoms with Gasteiger partial charge in [0.2, 0.25) is 0 Å². The molecule has 1 aromatic rings.